The molecule has 0 radical (unpaired) electrons. The summed E-state index contributed by atoms with van der Waals surface area (Å²) in [4.78, 5) is 17.2. The predicted molar refractivity (Wildman–Crippen MR) is 134 cm³/mol. The molecule has 7 nitrogen and oxygen atoms in total. The Morgan fingerprint density at radius 1 is 1.24 bits per heavy atom. The average molecular weight is 478 g/mol. The van der Waals surface area contributed by atoms with Crippen LogP contribution in [0.4, 0.5) is 5.69 Å². The molecule has 0 aliphatic heterocycles. The van der Waals surface area contributed by atoms with E-state index in [-0.39, 0.29) is 11.7 Å². The van der Waals surface area contributed by atoms with E-state index in [0.717, 1.165) is 27.5 Å². The van der Waals surface area contributed by atoms with Gasteiger partial charge >= 0.3 is 0 Å². The minimum atomic E-state index is -0.126. The van der Waals surface area contributed by atoms with Crippen LogP contribution >= 0.6 is 23.1 Å². The minimum Gasteiger partial charge on any atom is -0.496 e. The lowest BCUT2D eigenvalue weighted by Gasteiger charge is -2.11. The molecule has 4 aromatic rings. The molecule has 0 atom stereocenters. The van der Waals surface area contributed by atoms with Crippen molar-refractivity contribution >= 4 is 34.7 Å². The summed E-state index contributed by atoms with van der Waals surface area (Å²) in [6, 6.07) is 15.3. The van der Waals surface area contributed by atoms with Crippen LogP contribution in [0.3, 0.4) is 0 Å². The first-order chi connectivity index (χ1) is 16.1. The summed E-state index contributed by atoms with van der Waals surface area (Å²) in [6.07, 6.45) is 1.78. The molecule has 2 aromatic carbocycles. The number of rotatable bonds is 9. The van der Waals surface area contributed by atoms with Gasteiger partial charge in [-0.25, -0.2) is 4.98 Å². The Kier molecular flexibility index (Phi) is 7.21. The second kappa shape index (κ2) is 10.5. The number of nitrogens with zero attached hydrogens (tertiary/aromatic N) is 4. The third kappa shape index (κ3) is 5.32. The number of allylic oxidation sites excluding steroid dienone is 1. The second-order valence-corrected chi connectivity index (χ2v) is 9.08. The van der Waals surface area contributed by atoms with Crippen molar-refractivity contribution in [1.82, 2.24) is 19.7 Å². The number of nitrogens with one attached hydrogen (secondary N) is 1. The fourth-order valence-corrected chi connectivity index (χ4v) is 4.67. The first kappa shape index (κ1) is 22.8. The molecule has 2 heterocycles. The first-order valence-corrected chi connectivity index (χ1v) is 12.1. The topological polar surface area (TPSA) is 81.9 Å². The second-order valence-electron chi connectivity index (χ2n) is 7.08. The molecule has 0 bridgehead atoms. The Labute approximate surface area is 200 Å². The molecule has 2 aromatic heterocycles. The van der Waals surface area contributed by atoms with Gasteiger partial charge in [-0.15, -0.1) is 28.1 Å². The van der Waals surface area contributed by atoms with E-state index in [0.29, 0.717) is 23.3 Å². The highest BCUT2D eigenvalue weighted by molar-refractivity contribution is 7.99. The van der Waals surface area contributed by atoms with Gasteiger partial charge in [0.05, 0.1) is 29.1 Å². The number of hydrogen-bond donors (Lipinski definition) is 1. The molecule has 0 aliphatic rings. The Hall–Kier alpha value is -3.43. The average Bonchev–Trinajstić information content (AvgIpc) is 3.44. The van der Waals surface area contributed by atoms with Crippen LogP contribution in [0.5, 0.6) is 5.75 Å². The third-order valence-corrected chi connectivity index (χ3v) is 6.51. The van der Waals surface area contributed by atoms with Gasteiger partial charge in [0.15, 0.2) is 11.0 Å². The van der Waals surface area contributed by atoms with Gasteiger partial charge in [-0.1, -0.05) is 42.1 Å². The molecule has 1 amide bonds. The SMILES string of the molecule is C=CCn1c(SCC(=O)Nc2cccc(-c3csc(C)n3)c2)nnc1-c1ccccc1OC. The number of thioether (sulfide) groups is 1. The number of aryl methyl sites for hydroxylation is 1. The number of benzene rings is 2. The molecule has 33 heavy (non-hydrogen) atoms. The highest BCUT2D eigenvalue weighted by Crippen LogP contribution is 2.31. The van der Waals surface area contributed by atoms with Gasteiger partial charge in [0.25, 0.3) is 0 Å². The lowest BCUT2D eigenvalue weighted by atomic mass is 10.1. The molecule has 0 unspecified atom stereocenters. The van der Waals surface area contributed by atoms with Gasteiger partial charge in [-0.05, 0) is 31.2 Å². The van der Waals surface area contributed by atoms with Crippen LogP contribution in [0.25, 0.3) is 22.6 Å². The van der Waals surface area contributed by atoms with E-state index >= 15 is 0 Å². The van der Waals surface area contributed by atoms with E-state index in [9.17, 15) is 4.79 Å². The Balaban J connectivity index is 1.47. The van der Waals surface area contributed by atoms with Gasteiger partial charge in [-0.2, -0.15) is 0 Å². The van der Waals surface area contributed by atoms with Crippen molar-refractivity contribution in [1.29, 1.82) is 0 Å². The number of aromatic nitrogens is 4. The summed E-state index contributed by atoms with van der Waals surface area (Å²) < 4.78 is 7.39. The van der Waals surface area contributed by atoms with Crippen molar-refractivity contribution in [2.45, 2.75) is 18.6 Å². The predicted octanol–water partition coefficient (Wildman–Crippen LogP) is 5.30. The van der Waals surface area contributed by atoms with Gasteiger partial charge in [0.1, 0.15) is 5.75 Å². The van der Waals surface area contributed by atoms with E-state index < -0.39 is 0 Å². The number of methoxy groups -OCH3 is 1. The summed E-state index contributed by atoms with van der Waals surface area (Å²) in [5.74, 6) is 1.45. The van der Waals surface area contributed by atoms with Gasteiger partial charge in [0, 0.05) is 23.2 Å². The van der Waals surface area contributed by atoms with Gasteiger partial charge < -0.3 is 10.1 Å². The maximum atomic E-state index is 12.6. The summed E-state index contributed by atoms with van der Waals surface area (Å²) in [5.41, 5.74) is 3.44. The fourth-order valence-electron chi connectivity index (χ4n) is 3.30. The largest absolute Gasteiger partial charge is 0.496 e. The van der Waals surface area contributed by atoms with Crippen molar-refractivity contribution in [3.63, 3.8) is 0 Å². The first-order valence-electron chi connectivity index (χ1n) is 10.2. The minimum absolute atomic E-state index is 0.126. The summed E-state index contributed by atoms with van der Waals surface area (Å²) in [5, 5.41) is 15.3. The smallest absolute Gasteiger partial charge is 0.234 e. The molecular formula is C24H23N5O2S2. The molecule has 1 N–H and O–H groups in total. The Morgan fingerprint density at radius 3 is 2.85 bits per heavy atom. The maximum Gasteiger partial charge on any atom is 0.234 e. The zero-order valence-electron chi connectivity index (χ0n) is 18.3. The zero-order chi connectivity index (χ0) is 23.2. The van der Waals surface area contributed by atoms with Crippen LogP contribution in [0.15, 0.2) is 71.7 Å². The molecule has 168 valence electrons. The normalized spacial score (nSPS) is 10.7. The van der Waals surface area contributed by atoms with Crippen LogP contribution in [-0.4, -0.2) is 38.5 Å². The number of hydrogen-bond acceptors (Lipinski definition) is 7. The van der Waals surface area contributed by atoms with Crippen molar-refractivity contribution in [3.8, 4) is 28.4 Å². The summed E-state index contributed by atoms with van der Waals surface area (Å²) in [7, 11) is 1.62. The fraction of sp³-hybridized carbons (Fsp3) is 0.167. The molecule has 0 aliphatic carbocycles. The highest BCUT2D eigenvalue weighted by Gasteiger charge is 2.17. The van der Waals surface area contributed by atoms with Crippen LogP contribution < -0.4 is 10.1 Å². The maximum absolute atomic E-state index is 12.6. The highest BCUT2D eigenvalue weighted by atomic mass is 32.2. The number of carbonyl (C=O) groups is 1. The number of ether oxygens (including phenoxy) is 1. The standard InChI is InChI=1S/C24H23N5O2S2/c1-4-12-29-23(19-10-5-6-11-21(19)31-3)27-28-24(29)33-15-22(30)26-18-9-7-8-17(13-18)20-14-32-16(2)25-20/h4-11,13-14H,1,12,15H2,2-3H3,(H,26,30). The van der Waals surface area contributed by atoms with Crippen molar-refractivity contribution in [2.24, 2.45) is 0 Å². The molecule has 0 spiro atoms. The summed E-state index contributed by atoms with van der Waals surface area (Å²) in [6.45, 7) is 6.33. The molecule has 0 saturated carbocycles. The van der Waals surface area contributed by atoms with Crippen molar-refractivity contribution < 1.29 is 9.53 Å². The van der Waals surface area contributed by atoms with E-state index in [1.807, 2.05) is 65.4 Å². The van der Waals surface area contributed by atoms with E-state index in [1.165, 1.54) is 11.8 Å². The Bertz CT molecular complexity index is 1280. The monoisotopic (exact) mass is 477 g/mol. The Morgan fingerprint density at radius 2 is 2.09 bits per heavy atom. The van der Waals surface area contributed by atoms with Crippen LogP contribution in [0, 0.1) is 6.92 Å². The molecule has 9 heteroatoms. The molecule has 0 fully saturated rings. The van der Waals surface area contributed by atoms with Crippen molar-refractivity contribution in [2.75, 3.05) is 18.2 Å². The number of amides is 1. The van der Waals surface area contributed by atoms with Gasteiger partial charge in [-0.3, -0.25) is 9.36 Å². The van der Waals surface area contributed by atoms with E-state index in [4.69, 9.17) is 4.74 Å². The van der Waals surface area contributed by atoms with Crippen LogP contribution in [-0.2, 0) is 11.3 Å². The van der Waals surface area contributed by atoms with Crippen LogP contribution in [0.2, 0.25) is 0 Å². The number of anilines is 1. The number of carbonyl (C=O) groups excluding carboxylic acids is 1. The van der Waals surface area contributed by atoms with Crippen LogP contribution in [0.1, 0.15) is 5.01 Å². The lowest BCUT2D eigenvalue weighted by molar-refractivity contribution is -0.113. The molecular weight excluding hydrogens is 454 g/mol. The van der Waals surface area contributed by atoms with E-state index in [1.54, 1.807) is 24.5 Å². The summed E-state index contributed by atoms with van der Waals surface area (Å²) >= 11 is 2.93. The lowest BCUT2D eigenvalue weighted by Crippen LogP contribution is -2.14. The van der Waals surface area contributed by atoms with Crippen molar-refractivity contribution in [3.05, 3.63) is 71.6 Å². The number of para-hydroxylation sites is 1. The molecule has 4 rings (SSSR count). The quantitative estimate of drug-likeness (QED) is 0.260. The van der Waals surface area contributed by atoms with Gasteiger partial charge in [0.2, 0.25) is 5.91 Å². The van der Waals surface area contributed by atoms with E-state index in [2.05, 4.69) is 27.1 Å². The third-order valence-electron chi connectivity index (χ3n) is 4.77. The zero-order valence-corrected chi connectivity index (χ0v) is 19.9. The number of thiazole rings is 1. The molecule has 0 saturated heterocycles.